The Balaban J connectivity index is 2.52. The molecule has 0 radical (unpaired) electrons. The van der Waals surface area contributed by atoms with Crippen molar-refractivity contribution in [3.05, 3.63) is 39.9 Å². The Kier molecular flexibility index (Phi) is 3.96. The topological polar surface area (TPSA) is 95.7 Å². The first-order valence-electron chi connectivity index (χ1n) is 4.14. The maximum absolute atomic E-state index is 10.6. The summed E-state index contributed by atoms with van der Waals surface area (Å²) in [6, 6.07) is 5.44. The van der Waals surface area contributed by atoms with Crippen LogP contribution in [0.25, 0.3) is 0 Å². The summed E-state index contributed by atoms with van der Waals surface area (Å²) in [6.45, 7) is -0.164. The Labute approximate surface area is 89.7 Å². The average Bonchev–Trinajstić information content (AvgIpc) is 2.27. The van der Waals surface area contributed by atoms with Gasteiger partial charge in [-0.1, -0.05) is 0 Å². The Morgan fingerprint density at radius 2 is 2.00 bits per heavy atom. The van der Waals surface area contributed by atoms with Gasteiger partial charge in [-0.2, -0.15) is 0 Å². The molecule has 1 rings (SSSR count). The minimum atomic E-state index is -1.12. The summed E-state index contributed by atoms with van der Waals surface area (Å²) in [5, 5.41) is 10.3. The molecule has 0 atom stereocenters. The van der Waals surface area contributed by atoms with Gasteiger partial charge in [-0.15, -0.1) is 0 Å². The van der Waals surface area contributed by atoms with Crippen LogP contribution in [0, 0.1) is 10.1 Å². The van der Waals surface area contributed by atoms with Crippen LogP contribution in [-0.2, 0) is 20.9 Å². The number of carbonyl (C=O) groups excluding carboxylic acids is 2. The average molecular weight is 225 g/mol. The molecule has 0 amide bonds. The largest absolute Gasteiger partial charge is 0.516 e. The number of hydrogen-bond acceptors (Lipinski definition) is 6. The number of nitrogens with zero attached hydrogens (tertiary/aromatic N) is 1. The first kappa shape index (κ1) is 11.6. The second-order valence-electron chi connectivity index (χ2n) is 2.68. The van der Waals surface area contributed by atoms with Crippen molar-refractivity contribution in [3.63, 3.8) is 0 Å². The smallest absolute Gasteiger partial charge is 0.429 e. The summed E-state index contributed by atoms with van der Waals surface area (Å²) in [4.78, 5) is 30.1. The number of nitro groups is 1. The van der Waals surface area contributed by atoms with Gasteiger partial charge in [0, 0.05) is 12.1 Å². The predicted octanol–water partition coefficient (Wildman–Crippen LogP) is 1.40. The lowest BCUT2D eigenvalue weighted by molar-refractivity contribution is -0.384. The molecule has 0 saturated heterocycles. The molecule has 16 heavy (non-hydrogen) atoms. The molecule has 0 heterocycles. The fourth-order valence-electron chi connectivity index (χ4n) is 0.929. The molecule has 84 valence electrons. The number of benzene rings is 1. The summed E-state index contributed by atoms with van der Waals surface area (Å²) in [7, 11) is 0. The lowest BCUT2D eigenvalue weighted by Crippen LogP contribution is -2.05. The van der Waals surface area contributed by atoms with Crippen LogP contribution in [0.15, 0.2) is 24.3 Å². The summed E-state index contributed by atoms with van der Waals surface area (Å²) in [6.07, 6.45) is -1.12. The Morgan fingerprint density at radius 1 is 1.38 bits per heavy atom. The third-order valence-corrected chi connectivity index (χ3v) is 1.65. The van der Waals surface area contributed by atoms with Crippen molar-refractivity contribution in [3.8, 4) is 0 Å². The van der Waals surface area contributed by atoms with Gasteiger partial charge in [0.25, 0.3) is 5.69 Å². The van der Waals surface area contributed by atoms with Gasteiger partial charge in [0.05, 0.1) is 4.92 Å². The molecule has 0 fully saturated rings. The third-order valence-electron chi connectivity index (χ3n) is 1.65. The quantitative estimate of drug-likeness (QED) is 0.252. The van der Waals surface area contributed by atoms with E-state index in [0.29, 0.717) is 5.56 Å². The van der Waals surface area contributed by atoms with Crippen LogP contribution in [0.1, 0.15) is 5.56 Å². The van der Waals surface area contributed by atoms with Crippen molar-refractivity contribution in [2.45, 2.75) is 6.61 Å². The van der Waals surface area contributed by atoms with Crippen LogP contribution in [-0.4, -0.2) is 17.6 Å². The van der Waals surface area contributed by atoms with Crippen molar-refractivity contribution in [2.75, 3.05) is 0 Å². The van der Waals surface area contributed by atoms with E-state index in [9.17, 15) is 19.7 Å². The molecule has 0 unspecified atom stereocenters. The van der Waals surface area contributed by atoms with Gasteiger partial charge in [-0.3, -0.25) is 14.9 Å². The number of carbonyl (C=O) groups is 2. The first-order chi connectivity index (χ1) is 7.63. The monoisotopic (exact) mass is 225 g/mol. The highest BCUT2D eigenvalue weighted by Gasteiger charge is 2.06. The van der Waals surface area contributed by atoms with Gasteiger partial charge in [0.2, 0.25) is 0 Å². The van der Waals surface area contributed by atoms with Crippen LogP contribution < -0.4 is 0 Å². The fourth-order valence-corrected chi connectivity index (χ4v) is 0.929. The first-order valence-corrected chi connectivity index (χ1v) is 4.14. The Hall–Kier alpha value is -2.44. The van der Waals surface area contributed by atoms with Gasteiger partial charge in [-0.25, -0.2) is 4.79 Å². The maximum atomic E-state index is 10.6. The second-order valence-corrected chi connectivity index (χ2v) is 2.68. The van der Waals surface area contributed by atoms with Gasteiger partial charge in [0.1, 0.15) is 6.61 Å². The van der Waals surface area contributed by atoms with Gasteiger partial charge in [-0.05, 0) is 17.7 Å². The van der Waals surface area contributed by atoms with Crippen LogP contribution >= 0.6 is 0 Å². The van der Waals surface area contributed by atoms with Gasteiger partial charge in [0.15, 0.2) is 0 Å². The zero-order chi connectivity index (χ0) is 12.0. The van der Waals surface area contributed by atoms with E-state index in [1.807, 2.05) is 0 Å². The SMILES string of the molecule is O=COC(=O)OCc1ccc([N+](=O)[O-])cc1. The van der Waals surface area contributed by atoms with Crippen molar-refractivity contribution < 1.29 is 24.0 Å². The molecule has 7 heteroatoms. The number of rotatable bonds is 4. The highest BCUT2D eigenvalue weighted by Crippen LogP contribution is 2.12. The molecule has 0 saturated carbocycles. The predicted molar refractivity (Wildman–Crippen MR) is 50.4 cm³/mol. The second kappa shape index (κ2) is 5.44. The molecule has 0 aliphatic heterocycles. The normalized spacial score (nSPS) is 9.25. The lowest BCUT2D eigenvalue weighted by Gasteiger charge is -2.01. The summed E-state index contributed by atoms with van der Waals surface area (Å²) < 4.78 is 8.38. The standard InChI is InChI=1S/C9H7NO6/c11-6-16-9(12)15-5-7-1-3-8(4-2-7)10(13)14/h1-4,6H,5H2. The molecule has 0 aliphatic carbocycles. The molecule has 0 bridgehead atoms. The van der Waals surface area contributed by atoms with Gasteiger partial charge >= 0.3 is 12.6 Å². The highest BCUT2D eigenvalue weighted by molar-refractivity contribution is 5.69. The number of ether oxygens (including phenoxy) is 2. The zero-order valence-electron chi connectivity index (χ0n) is 7.99. The number of non-ortho nitro benzene ring substituents is 1. The molecule has 0 aliphatic rings. The third kappa shape index (κ3) is 3.37. The molecular weight excluding hydrogens is 218 g/mol. The molecule has 0 spiro atoms. The van der Waals surface area contributed by atoms with E-state index in [-0.39, 0.29) is 18.8 Å². The maximum Gasteiger partial charge on any atom is 0.516 e. The van der Waals surface area contributed by atoms with Crippen molar-refractivity contribution in [1.29, 1.82) is 0 Å². The van der Waals surface area contributed by atoms with Crippen LogP contribution in [0.4, 0.5) is 10.5 Å². The Morgan fingerprint density at radius 3 is 2.50 bits per heavy atom. The van der Waals surface area contributed by atoms with E-state index in [0.717, 1.165) is 0 Å². The summed E-state index contributed by atoms with van der Waals surface area (Å²) >= 11 is 0. The summed E-state index contributed by atoms with van der Waals surface area (Å²) in [5.41, 5.74) is 0.493. The van der Waals surface area contributed by atoms with Crippen molar-refractivity contribution >= 4 is 18.3 Å². The molecule has 1 aromatic rings. The van der Waals surface area contributed by atoms with Crippen LogP contribution in [0.5, 0.6) is 0 Å². The van der Waals surface area contributed by atoms with E-state index in [1.54, 1.807) is 0 Å². The van der Waals surface area contributed by atoms with Crippen LogP contribution in [0.3, 0.4) is 0 Å². The minimum Gasteiger partial charge on any atom is -0.429 e. The van der Waals surface area contributed by atoms with E-state index in [2.05, 4.69) is 9.47 Å². The molecule has 0 aromatic heterocycles. The molecular formula is C9H7NO6. The van der Waals surface area contributed by atoms with Crippen LogP contribution in [0.2, 0.25) is 0 Å². The fraction of sp³-hybridized carbons (Fsp3) is 0.111. The minimum absolute atomic E-state index is 0.0435. The number of nitro benzene ring substituents is 1. The Bertz CT molecular complexity index is 399. The van der Waals surface area contributed by atoms with E-state index in [4.69, 9.17) is 0 Å². The van der Waals surface area contributed by atoms with E-state index in [1.165, 1.54) is 24.3 Å². The van der Waals surface area contributed by atoms with Crippen molar-refractivity contribution in [1.82, 2.24) is 0 Å². The zero-order valence-corrected chi connectivity index (χ0v) is 7.99. The number of hydrogen-bond donors (Lipinski definition) is 0. The molecule has 1 aromatic carbocycles. The molecule has 0 N–H and O–H groups in total. The van der Waals surface area contributed by atoms with Crippen molar-refractivity contribution in [2.24, 2.45) is 0 Å². The molecule has 7 nitrogen and oxygen atoms in total. The lowest BCUT2D eigenvalue weighted by atomic mass is 10.2. The van der Waals surface area contributed by atoms with E-state index < -0.39 is 11.1 Å². The van der Waals surface area contributed by atoms with Gasteiger partial charge < -0.3 is 9.47 Å². The van der Waals surface area contributed by atoms with E-state index >= 15 is 0 Å². The summed E-state index contributed by atoms with van der Waals surface area (Å²) in [5.74, 6) is 0. The highest BCUT2D eigenvalue weighted by atomic mass is 16.7.